The van der Waals surface area contributed by atoms with Gasteiger partial charge >= 0.3 is 0 Å². The number of ether oxygens (including phenoxy) is 1. The quantitative estimate of drug-likeness (QED) is 0.535. The molecule has 2 N–H and O–H groups in total. The highest BCUT2D eigenvalue weighted by atomic mass is 16.5. The first-order chi connectivity index (χ1) is 4.13. The average Bonchev–Trinajstić information content (AvgIpc) is 1.59. The average molecular weight is 131 g/mol. The van der Waals surface area contributed by atoms with E-state index in [1.165, 1.54) is 6.42 Å². The van der Waals surface area contributed by atoms with E-state index >= 15 is 0 Å². The lowest BCUT2D eigenvalue weighted by Gasteiger charge is -2.20. The van der Waals surface area contributed by atoms with Gasteiger partial charge in [-0.25, -0.2) is 0 Å². The molecule has 2 heteroatoms. The zero-order chi connectivity index (χ0) is 7.28. The number of nitrogens with two attached hydrogens (primary N) is 1. The van der Waals surface area contributed by atoms with Crippen LogP contribution < -0.4 is 5.73 Å². The van der Waals surface area contributed by atoms with Crippen LogP contribution in [-0.2, 0) is 4.74 Å². The van der Waals surface area contributed by atoms with Crippen LogP contribution in [0.5, 0.6) is 0 Å². The fourth-order valence-corrected chi connectivity index (χ4v) is 0.354. The molecule has 1 aliphatic rings. The molecule has 1 unspecified atom stereocenters. The van der Waals surface area contributed by atoms with Crippen LogP contribution in [0.2, 0.25) is 0 Å². The minimum atomic E-state index is 0.333. The fraction of sp³-hybridized carbons (Fsp3) is 1.00. The molecule has 0 aromatic carbocycles. The molecule has 1 saturated heterocycles. The fourth-order valence-electron chi connectivity index (χ4n) is 0.354. The highest BCUT2D eigenvalue weighted by Gasteiger charge is 2.09. The molecule has 1 fully saturated rings. The number of rotatable bonds is 0. The second kappa shape index (κ2) is 4.77. The number of hydrogen-bond acceptors (Lipinski definition) is 2. The van der Waals surface area contributed by atoms with Crippen LogP contribution in [0.1, 0.15) is 27.2 Å². The smallest absolute Gasteiger partial charge is 0.0568 e. The molecule has 1 atom stereocenters. The Hall–Kier alpha value is -0.0800. The minimum Gasteiger partial charge on any atom is -0.378 e. The van der Waals surface area contributed by atoms with E-state index in [0.29, 0.717) is 12.1 Å². The SMILES string of the molecule is CC(C)N.CC1CCO1. The standard InChI is InChI=1S/C4H8O.C3H9N/c1-4-2-3-5-4;1-3(2)4/h4H,2-3H2,1H3;3H,4H2,1-2H3. The van der Waals surface area contributed by atoms with Crippen LogP contribution in [0.4, 0.5) is 0 Å². The van der Waals surface area contributed by atoms with Crippen molar-refractivity contribution in [3.05, 3.63) is 0 Å². The van der Waals surface area contributed by atoms with E-state index in [1.807, 2.05) is 13.8 Å². The summed E-state index contributed by atoms with van der Waals surface area (Å²) in [6, 6.07) is 0.333. The third-order valence-corrected chi connectivity index (χ3v) is 0.927. The lowest BCUT2D eigenvalue weighted by molar-refractivity contribution is -0.0375. The third kappa shape index (κ3) is 7.92. The van der Waals surface area contributed by atoms with Crippen LogP contribution >= 0.6 is 0 Å². The van der Waals surface area contributed by atoms with Gasteiger partial charge in [0.1, 0.15) is 0 Å². The van der Waals surface area contributed by atoms with Crippen molar-refractivity contribution in [2.45, 2.75) is 39.3 Å². The summed E-state index contributed by atoms with van der Waals surface area (Å²) in [4.78, 5) is 0. The lowest BCUT2D eigenvalue weighted by atomic mass is 10.2. The van der Waals surface area contributed by atoms with Crippen molar-refractivity contribution in [3.8, 4) is 0 Å². The van der Waals surface area contributed by atoms with Crippen LogP contribution in [0.25, 0.3) is 0 Å². The Morgan fingerprint density at radius 3 is 1.78 bits per heavy atom. The Bertz CT molecular complexity index is 57.2. The van der Waals surface area contributed by atoms with Gasteiger partial charge in [-0.3, -0.25) is 0 Å². The normalized spacial score (nSPS) is 24.3. The van der Waals surface area contributed by atoms with Gasteiger partial charge in [0, 0.05) is 6.61 Å². The molecule has 0 bridgehead atoms. The monoisotopic (exact) mass is 131 g/mol. The van der Waals surface area contributed by atoms with Crippen molar-refractivity contribution in [2.24, 2.45) is 5.73 Å². The van der Waals surface area contributed by atoms with Crippen molar-refractivity contribution < 1.29 is 4.74 Å². The molecular formula is C7H17NO. The second-order valence-electron chi connectivity index (χ2n) is 2.71. The van der Waals surface area contributed by atoms with E-state index in [4.69, 9.17) is 10.5 Å². The van der Waals surface area contributed by atoms with E-state index in [2.05, 4.69) is 6.92 Å². The summed E-state index contributed by atoms with van der Waals surface area (Å²) in [5, 5.41) is 0. The van der Waals surface area contributed by atoms with E-state index in [9.17, 15) is 0 Å². The molecule has 1 heterocycles. The summed E-state index contributed by atoms with van der Waals surface area (Å²) >= 11 is 0. The van der Waals surface area contributed by atoms with Crippen LogP contribution in [0.15, 0.2) is 0 Å². The first kappa shape index (κ1) is 8.92. The molecule has 56 valence electrons. The van der Waals surface area contributed by atoms with E-state index in [-0.39, 0.29) is 0 Å². The maximum absolute atomic E-state index is 5.11. The highest BCUT2D eigenvalue weighted by molar-refractivity contribution is 4.57. The van der Waals surface area contributed by atoms with Gasteiger partial charge in [0.25, 0.3) is 0 Å². The van der Waals surface area contributed by atoms with E-state index in [0.717, 1.165) is 6.61 Å². The zero-order valence-corrected chi connectivity index (χ0v) is 6.55. The highest BCUT2D eigenvalue weighted by Crippen LogP contribution is 2.07. The first-order valence-electron chi connectivity index (χ1n) is 3.50. The second-order valence-corrected chi connectivity index (χ2v) is 2.71. The Balaban J connectivity index is 0.000000148. The van der Waals surface area contributed by atoms with Crippen LogP contribution in [0.3, 0.4) is 0 Å². The Morgan fingerprint density at radius 1 is 1.56 bits per heavy atom. The molecule has 9 heavy (non-hydrogen) atoms. The largest absolute Gasteiger partial charge is 0.378 e. The number of hydrogen-bond donors (Lipinski definition) is 1. The minimum absolute atomic E-state index is 0.333. The van der Waals surface area contributed by atoms with Gasteiger partial charge in [-0.05, 0) is 19.4 Å². The third-order valence-electron chi connectivity index (χ3n) is 0.927. The zero-order valence-electron chi connectivity index (χ0n) is 6.55. The molecule has 0 aromatic heterocycles. The molecule has 0 spiro atoms. The van der Waals surface area contributed by atoms with Gasteiger partial charge in [-0.1, -0.05) is 13.8 Å². The molecule has 0 aromatic rings. The van der Waals surface area contributed by atoms with Crippen molar-refractivity contribution in [1.82, 2.24) is 0 Å². The molecule has 1 aliphatic heterocycles. The Kier molecular flexibility index (Phi) is 4.72. The van der Waals surface area contributed by atoms with Gasteiger partial charge in [0.05, 0.1) is 6.10 Å². The predicted molar refractivity (Wildman–Crippen MR) is 39.4 cm³/mol. The summed E-state index contributed by atoms with van der Waals surface area (Å²) in [6.45, 7) is 6.96. The van der Waals surface area contributed by atoms with Crippen LogP contribution in [0, 0.1) is 0 Å². The molecule has 0 aliphatic carbocycles. The summed E-state index contributed by atoms with van der Waals surface area (Å²) in [7, 11) is 0. The van der Waals surface area contributed by atoms with Crippen molar-refractivity contribution >= 4 is 0 Å². The first-order valence-corrected chi connectivity index (χ1v) is 3.50. The van der Waals surface area contributed by atoms with Crippen molar-refractivity contribution in [1.29, 1.82) is 0 Å². The molecular weight excluding hydrogens is 114 g/mol. The van der Waals surface area contributed by atoms with Gasteiger partial charge in [0.15, 0.2) is 0 Å². The predicted octanol–water partition coefficient (Wildman–Crippen LogP) is 1.15. The maximum atomic E-state index is 5.11. The summed E-state index contributed by atoms with van der Waals surface area (Å²) < 4.78 is 4.93. The topological polar surface area (TPSA) is 35.2 Å². The van der Waals surface area contributed by atoms with E-state index in [1.54, 1.807) is 0 Å². The molecule has 0 amide bonds. The molecule has 0 saturated carbocycles. The van der Waals surface area contributed by atoms with Crippen LogP contribution in [-0.4, -0.2) is 18.8 Å². The Morgan fingerprint density at radius 2 is 1.78 bits per heavy atom. The summed E-state index contributed by atoms with van der Waals surface area (Å²) in [6.07, 6.45) is 1.83. The van der Waals surface area contributed by atoms with Gasteiger partial charge < -0.3 is 10.5 Å². The Labute approximate surface area is 57.4 Å². The van der Waals surface area contributed by atoms with E-state index < -0.39 is 0 Å². The molecule has 2 nitrogen and oxygen atoms in total. The lowest BCUT2D eigenvalue weighted by Crippen LogP contribution is -2.22. The van der Waals surface area contributed by atoms with Gasteiger partial charge in [-0.15, -0.1) is 0 Å². The van der Waals surface area contributed by atoms with Gasteiger partial charge in [-0.2, -0.15) is 0 Å². The summed E-state index contributed by atoms with van der Waals surface area (Å²) in [5.74, 6) is 0. The van der Waals surface area contributed by atoms with Gasteiger partial charge in [0.2, 0.25) is 0 Å². The molecule has 0 radical (unpaired) electrons. The maximum Gasteiger partial charge on any atom is 0.0568 e. The van der Waals surface area contributed by atoms with Crippen molar-refractivity contribution in [3.63, 3.8) is 0 Å². The summed E-state index contributed by atoms with van der Waals surface area (Å²) in [5.41, 5.74) is 5.11. The molecule has 1 rings (SSSR count). The van der Waals surface area contributed by atoms with Crippen molar-refractivity contribution in [2.75, 3.05) is 6.61 Å².